The van der Waals surface area contributed by atoms with E-state index in [1.807, 2.05) is 0 Å². The van der Waals surface area contributed by atoms with Crippen LogP contribution in [0, 0.1) is 0 Å². The van der Waals surface area contributed by atoms with Crippen molar-refractivity contribution >= 4 is 11.7 Å². The Morgan fingerprint density at radius 1 is 1.24 bits per heavy atom. The minimum Gasteiger partial charge on any atom is -0.398 e. The number of alkyl halides is 3. The van der Waals surface area contributed by atoms with Crippen molar-refractivity contribution in [3.8, 4) is 0 Å². The Bertz CT molecular complexity index is 393. The molecule has 0 aliphatic rings. The normalized spacial score (nSPS) is 11.0. The van der Waals surface area contributed by atoms with Crippen molar-refractivity contribution in [3.05, 3.63) is 29.8 Å². The van der Waals surface area contributed by atoms with Gasteiger partial charge in [-0.2, -0.15) is 13.2 Å². The second-order valence-electron chi connectivity index (χ2n) is 3.35. The lowest BCUT2D eigenvalue weighted by atomic mass is 10.2. The van der Waals surface area contributed by atoms with Crippen LogP contribution in [0.25, 0.3) is 0 Å². The number of carbonyl (C=O) groups is 1. The fourth-order valence-corrected chi connectivity index (χ4v) is 1.11. The van der Waals surface area contributed by atoms with E-state index in [0.29, 0.717) is 11.3 Å². The van der Waals surface area contributed by atoms with Crippen LogP contribution < -0.4 is 16.4 Å². The molecule has 0 bridgehead atoms. The van der Waals surface area contributed by atoms with Crippen molar-refractivity contribution in [2.45, 2.75) is 12.7 Å². The average molecular weight is 247 g/mol. The molecule has 1 rings (SSSR count). The van der Waals surface area contributed by atoms with E-state index in [9.17, 15) is 18.0 Å². The number of hydrogen-bond donors (Lipinski definition) is 3. The lowest BCUT2D eigenvalue weighted by molar-refractivity contribution is -0.122. The third-order valence-corrected chi connectivity index (χ3v) is 1.94. The maximum atomic E-state index is 11.8. The van der Waals surface area contributed by atoms with Gasteiger partial charge in [0.25, 0.3) is 0 Å². The van der Waals surface area contributed by atoms with E-state index in [0.717, 1.165) is 0 Å². The molecule has 7 heteroatoms. The molecular formula is C10H12F3N3O. The molecule has 0 spiro atoms. The molecule has 0 heterocycles. The van der Waals surface area contributed by atoms with E-state index in [4.69, 9.17) is 5.73 Å². The molecule has 0 saturated heterocycles. The molecule has 17 heavy (non-hydrogen) atoms. The number of anilines is 1. The van der Waals surface area contributed by atoms with Crippen LogP contribution in [0.4, 0.5) is 23.7 Å². The molecule has 0 aliphatic carbocycles. The fourth-order valence-electron chi connectivity index (χ4n) is 1.11. The first-order valence-electron chi connectivity index (χ1n) is 4.80. The van der Waals surface area contributed by atoms with Gasteiger partial charge in [0.05, 0.1) is 0 Å². The number of carbonyl (C=O) groups excluding carboxylic acids is 1. The first-order valence-corrected chi connectivity index (χ1v) is 4.80. The van der Waals surface area contributed by atoms with Gasteiger partial charge >= 0.3 is 12.2 Å². The van der Waals surface area contributed by atoms with E-state index in [1.165, 1.54) is 0 Å². The number of urea groups is 1. The van der Waals surface area contributed by atoms with Crippen molar-refractivity contribution < 1.29 is 18.0 Å². The van der Waals surface area contributed by atoms with Gasteiger partial charge in [0.1, 0.15) is 6.54 Å². The maximum Gasteiger partial charge on any atom is 0.405 e. The first kappa shape index (κ1) is 13.1. The standard InChI is InChI=1S/C10H12F3N3O/c11-10(12,13)6-16-9(17)15-5-7-3-1-2-4-8(7)14/h1-4H,5-6,14H2,(H2,15,16,17). The zero-order chi connectivity index (χ0) is 12.9. The topological polar surface area (TPSA) is 67.1 Å². The van der Waals surface area contributed by atoms with Crippen molar-refractivity contribution in [2.75, 3.05) is 12.3 Å². The van der Waals surface area contributed by atoms with Crippen LogP contribution in [0.2, 0.25) is 0 Å². The molecule has 2 amide bonds. The minimum absolute atomic E-state index is 0.0797. The fraction of sp³-hybridized carbons (Fsp3) is 0.300. The monoisotopic (exact) mass is 247 g/mol. The lowest BCUT2D eigenvalue weighted by Gasteiger charge is -2.10. The summed E-state index contributed by atoms with van der Waals surface area (Å²) in [5.74, 6) is 0. The Morgan fingerprint density at radius 3 is 2.47 bits per heavy atom. The Hall–Kier alpha value is -1.92. The van der Waals surface area contributed by atoms with Crippen LogP contribution in [-0.4, -0.2) is 18.8 Å². The minimum atomic E-state index is -4.41. The molecule has 94 valence electrons. The summed E-state index contributed by atoms with van der Waals surface area (Å²) in [6, 6.07) is 5.89. The molecule has 4 N–H and O–H groups in total. The number of rotatable bonds is 3. The van der Waals surface area contributed by atoms with E-state index in [1.54, 1.807) is 29.6 Å². The molecule has 0 aromatic heterocycles. The summed E-state index contributed by atoms with van der Waals surface area (Å²) in [6.45, 7) is -1.28. The summed E-state index contributed by atoms with van der Waals surface area (Å²) in [5, 5.41) is 3.98. The smallest absolute Gasteiger partial charge is 0.398 e. The van der Waals surface area contributed by atoms with Gasteiger partial charge in [-0.25, -0.2) is 4.79 Å². The predicted molar refractivity (Wildman–Crippen MR) is 57.1 cm³/mol. The Labute approximate surface area is 96.0 Å². The van der Waals surface area contributed by atoms with Gasteiger partial charge in [-0.3, -0.25) is 0 Å². The second-order valence-corrected chi connectivity index (χ2v) is 3.35. The average Bonchev–Trinajstić information content (AvgIpc) is 2.24. The van der Waals surface area contributed by atoms with Gasteiger partial charge < -0.3 is 16.4 Å². The SMILES string of the molecule is Nc1ccccc1CNC(=O)NCC(F)(F)F. The third-order valence-electron chi connectivity index (χ3n) is 1.94. The highest BCUT2D eigenvalue weighted by Crippen LogP contribution is 2.12. The summed E-state index contributed by atoms with van der Waals surface area (Å²) in [5.41, 5.74) is 6.72. The van der Waals surface area contributed by atoms with Gasteiger partial charge in [0.2, 0.25) is 0 Å². The molecule has 0 aliphatic heterocycles. The molecule has 0 radical (unpaired) electrons. The molecular weight excluding hydrogens is 235 g/mol. The molecule has 4 nitrogen and oxygen atoms in total. The zero-order valence-electron chi connectivity index (χ0n) is 8.84. The molecule has 0 unspecified atom stereocenters. The van der Waals surface area contributed by atoms with Gasteiger partial charge in [-0.1, -0.05) is 18.2 Å². The number of nitrogen functional groups attached to an aromatic ring is 1. The Morgan fingerprint density at radius 2 is 1.88 bits per heavy atom. The molecule has 0 fully saturated rings. The van der Waals surface area contributed by atoms with Crippen LogP contribution in [0.1, 0.15) is 5.56 Å². The number of halogens is 3. The van der Waals surface area contributed by atoms with Crippen molar-refractivity contribution in [1.29, 1.82) is 0 Å². The highest BCUT2D eigenvalue weighted by molar-refractivity contribution is 5.74. The number of nitrogens with two attached hydrogens (primary N) is 1. The number of amides is 2. The van der Waals surface area contributed by atoms with Crippen LogP contribution in [0.5, 0.6) is 0 Å². The number of benzene rings is 1. The highest BCUT2D eigenvalue weighted by Gasteiger charge is 2.27. The van der Waals surface area contributed by atoms with Gasteiger partial charge in [0, 0.05) is 12.2 Å². The summed E-state index contributed by atoms with van der Waals surface area (Å²) in [6.07, 6.45) is -4.41. The zero-order valence-corrected chi connectivity index (χ0v) is 8.84. The quantitative estimate of drug-likeness (QED) is 0.711. The predicted octanol–water partition coefficient (Wildman–Crippen LogP) is 1.63. The largest absolute Gasteiger partial charge is 0.405 e. The second kappa shape index (κ2) is 5.42. The highest BCUT2D eigenvalue weighted by atomic mass is 19.4. The van der Waals surface area contributed by atoms with Crippen LogP contribution in [0.15, 0.2) is 24.3 Å². The van der Waals surface area contributed by atoms with Crippen molar-refractivity contribution in [3.63, 3.8) is 0 Å². The summed E-state index contributed by atoms with van der Waals surface area (Å²) >= 11 is 0. The number of nitrogens with one attached hydrogen (secondary N) is 2. The van der Waals surface area contributed by atoms with Crippen molar-refractivity contribution in [2.24, 2.45) is 0 Å². The van der Waals surface area contributed by atoms with E-state index in [2.05, 4.69) is 5.32 Å². The van der Waals surface area contributed by atoms with E-state index < -0.39 is 18.8 Å². The van der Waals surface area contributed by atoms with Crippen LogP contribution >= 0.6 is 0 Å². The van der Waals surface area contributed by atoms with Crippen LogP contribution in [0.3, 0.4) is 0 Å². The van der Waals surface area contributed by atoms with Gasteiger partial charge in [-0.05, 0) is 11.6 Å². The van der Waals surface area contributed by atoms with Crippen LogP contribution in [-0.2, 0) is 6.54 Å². The molecule has 1 aromatic carbocycles. The number of hydrogen-bond acceptors (Lipinski definition) is 2. The molecule has 1 aromatic rings. The first-order chi connectivity index (χ1) is 7.88. The Kier molecular flexibility index (Phi) is 4.19. The van der Waals surface area contributed by atoms with Gasteiger partial charge in [-0.15, -0.1) is 0 Å². The number of para-hydroxylation sites is 1. The Balaban J connectivity index is 2.36. The maximum absolute atomic E-state index is 11.8. The molecule has 0 atom stereocenters. The summed E-state index contributed by atoms with van der Waals surface area (Å²) < 4.78 is 35.3. The lowest BCUT2D eigenvalue weighted by Crippen LogP contribution is -2.40. The summed E-state index contributed by atoms with van der Waals surface area (Å²) in [7, 11) is 0. The van der Waals surface area contributed by atoms with Crippen molar-refractivity contribution in [1.82, 2.24) is 10.6 Å². The third kappa shape index (κ3) is 5.10. The van der Waals surface area contributed by atoms with E-state index in [-0.39, 0.29) is 6.54 Å². The van der Waals surface area contributed by atoms with Gasteiger partial charge in [0.15, 0.2) is 0 Å². The summed E-state index contributed by atoms with van der Waals surface area (Å²) in [4.78, 5) is 11.0. The van der Waals surface area contributed by atoms with E-state index >= 15 is 0 Å². The molecule has 0 saturated carbocycles.